The summed E-state index contributed by atoms with van der Waals surface area (Å²) < 4.78 is 5.06. The minimum atomic E-state index is -0.565. The Hall–Kier alpha value is -2.62. The van der Waals surface area contributed by atoms with Gasteiger partial charge in [0.05, 0.1) is 6.42 Å². The zero-order valence-electron chi connectivity index (χ0n) is 11.4. The van der Waals surface area contributed by atoms with Crippen LogP contribution in [0.2, 0.25) is 0 Å². The van der Waals surface area contributed by atoms with Crippen LogP contribution in [-0.2, 0) is 16.0 Å². The molecule has 0 N–H and O–H groups in total. The lowest BCUT2D eigenvalue weighted by Gasteiger charge is -2.19. The molecule has 2 aromatic carbocycles. The first-order chi connectivity index (χ1) is 10.3. The number of rotatable bonds is 3. The van der Waals surface area contributed by atoms with E-state index >= 15 is 0 Å². The highest BCUT2D eigenvalue weighted by molar-refractivity contribution is 5.94. The fourth-order valence-corrected chi connectivity index (χ4v) is 2.47. The lowest BCUT2D eigenvalue weighted by Crippen LogP contribution is -2.35. The Labute approximate surface area is 123 Å². The van der Waals surface area contributed by atoms with Gasteiger partial charge in [0.1, 0.15) is 12.6 Å². The molecule has 0 spiro atoms. The maximum atomic E-state index is 12.4. The van der Waals surface area contributed by atoms with Crippen LogP contribution in [0.3, 0.4) is 0 Å². The number of imide groups is 1. The van der Waals surface area contributed by atoms with Gasteiger partial charge in [-0.1, -0.05) is 60.7 Å². The highest BCUT2D eigenvalue weighted by Gasteiger charge is 2.38. The molecular formula is C17H15NO3. The van der Waals surface area contributed by atoms with Gasteiger partial charge in [-0.05, 0) is 11.1 Å². The second-order valence-electron chi connectivity index (χ2n) is 4.93. The number of benzene rings is 2. The Bertz CT molecular complexity index is 640. The van der Waals surface area contributed by atoms with E-state index in [1.165, 1.54) is 4.90 Å². The normalized spacial score (nSPS) is 17.6. The largest absolute Gasteiger partial charge is 0.446 e. The molecule has 21 heavy (non-hydrogen) atoms. The van der Waals surface area contributed by atoms with Crippen molar-refractivity contribution < 1.29 is 14.3 Å². The van der Waals surface area contributed by atoms with Gasteiger partial charge in [0.25, 0.3) is 0 Å². The van der Waals surface area contributed by atoms with Crippen molar-refractivity contribution >= 4 is 12.0 Å². The Kier molecular flexibility index (Phi) is 3.69. The standard InChI is InChI=1S/C17H15NO3/c19-16(11-13-7-3-1-4-8-13)18-15(12-21-17(18)20)14-9-5-2-6-10-14/h1-10,15H,11-12H2. The summed E-state index contributed by atoms with van der Waals surface area (Å²) >= 11 is 0. The summed E-state index contributed by atoms with van der Waals surface area (Å²) in [5.41, 5.74) is 1.79. The maximum Gasteiger partial charge on any atom is 0.417 e. The third-order valence-corrected chi connectivity index (χ3v) is 3.52. The highest BCUT2D eigenvalue weighted by atomic mass is 16.6. The molecule has 0 bridgehead atoms. The molecule has 1 fully saturated rings. The smallest absolute Gasteiger partial charge is 0.417 e. The van der Waals surface area contributed by atoms with Crippen molar-refractivity contribution in [2.24, 2.45) is 0 Å². The van der Waals surface area contributed by atoms with Crippen LogP contribution in [0.5, 0.6) is 0 Å². The summed E-state index contributed by atoms with van der Waals surface area (Å²) in [6, 6.07) is 18.5. The summed E-state index contributed by atoms with van der Waals surface area (Å²) in [4.78, 5) is 25.5. The predicted octanol–water partition coefficient (Wildman–Crippen LogP) is 2.95. The Morgan fingerprint density at radius 2 is 1.67 bits per heavy atom. The van der Waals surface area contributed by atoms with E-state index in [-0.39, 0.29) is 25.0 Å². The molecule has 1 heterocycles. The van der Waals surface area contributed by atoms with E-state index in [0.29, 0.717) is 0 Å². The molecule has 0 saturated carbocycles. The SMILES string of the molecule is O=C(Cc1ccccc1)N1C(=O)OCC1c1ccccc1. The molecule has 0 radical (unpaired) electrons. The molecular weight excluding hydrogens is 266 g/mol. The minimum absolute atomic E-state index is 0.194. The van der Waals surface area contributed by atoms with Crippen LogP contribution in [0.1, 0.15) is 17.2 Å². The van der Waals surface area contributed by atoms with Crippen molar-refractivity contribution in [2.45, 2.75) is 12.5 Å². The topological polar surface area (TPSA) is 46.6 Å². The lowest BCUT2D eigenvalue weighted by molar-refractivity contribution is -0.128. The zero-order valence-corrected chi connectivity index (χ0v) is 11.4. The van der Waals surface area contributed by atoms with Gasteiger partial charge < -0.3 is 4.74 Å². The molecule has 1 atom stereocenters. The number of amides is 2. The average Bonchev–Trinajstić information content (AvgIpc) is 2.91. The third kappa shape index (κ3) is 2.79. The van der Waals surface area contributed by atoms with Crippen LogP contribution < -0.4 is 0 Å². The van der Waals surface area contributed by atoms with Crippen LogP contribution in [0.4, 0.5) is 4.79 Å². The molecule has 1 aliphatic rings. The first kappa shape index (κ1) is 13.4. The van der Waals surface area contributed by atoms with E-state index in [2.05, 4.69) is 0 Å². The van der Waals surface area contributed by atoms with Crippen LogP contribution >= 0.6 is 0 Å². The summed E-state index contributed by atoms with van der Waals surface area (Å²) in [6.07, 6.45) is -0.371. The van der Waals surface area contributed by atoms with Crippen molar-refractivity contribution in [3.05, 3.63) is 71.8 Å². The van der Waals surface area contributed by atoms with Gasteiger partial charge in [0, 0.05) is 0 Å². The monoisotopic (exact) mass is 281 g/mol. The van der Waals surface area contributed by atoms with Gasteiger partial charge in [-0.3, -0.25) is 4.79 Å². The fraction of sp³-hybridized carbons (Fsp3) is 0.176. The van der Waals surface area contributed by atoms with Crippen LogP contribution in [0.25, 0.3) is 0 Å². The number of hydrogen-bond donors (Lipinski definition) is 0. The number of ether oxygens (including phenoxy) is 1. The fourth-order valence-electron chi connectivity index (χ4n) is 2.47. The second-order valence-corrected chi connectivity index (χ2v) is 4.93. The van der Waals surface area contributed by atoms with E-state index in [0.717, 1.165) is 11.1 Å². The Morgan fingerprint density at radius 1 is 1.05 bits per heavy atom. The Balaban J connectivity index is 1.81. The van der Waals surface area contributed by atoms with E-state index in [1.807, 2.05) is 60.7 Å². The Morgan fingerprint density at radius 3 is 2.33 bits per heavy atom. The molecule has 4 nitrogen and oxygen atoms in total. The summed E-state index contributed by atoms with van der Waals surface area (Å²) in [5, 5.41) is 0. The van der Waals surface area contributed by atoms with Crippen LogP contribution in [0.15, 0.2) is 60.7 Å². The van der Waals surface area contributed by atoms with Crippen molar-refractivity contribution in [1.82, 2.24) is 4.90 Å². The zero-order chi connectivity index (χ0) is 14.7. The molecule has 2 amide bonds. The van der Waals surface area contributed by atoms with Gasteiger partial charge in [-0.2, -0.15) is 0 Å². The molecule has 0 aromatic heterocycles. The quantitative estimate of drug-likeness (QED) is 0.869. The molecule has 106 valence electrons. The maximum absolute atomic E-state index is 12.4. The predicted molar refractivity (Wildman–Crippen MR) is 77.5 cm³/mol. The number of nitrogens with zero attached hydrogens (tertiary/aromatic N) is 1. The van der Waals surface area contributed by atoms with Crippen molar-refractivity contribution in [3.63, 3.8) is 0 Å². The number of cyclic esters (lactones) is 1. The van der Waals surface area contributed by atoms with Crippen LogP contribution in [0, 0.1) is 0 Å². The van der Waals surface area contributed by atoms with E-state index < -0.39 is 6.09 Å². The lowest BCUT2D eigenvalue weighted by atomic mass is 10.1. The summed E-state index contributed by atoms with van der Waals surface area (Å²) in [7, 11) is 0. The molecule has 0 aliphatic carbocycles. The van der Waals surface area contributed by atoms with Gasteiger partial charge in [-0.25, -0.2) is 9.69 Å². The third-order valence-electron chi connectivity index (χ3n) is 3.52. The summed E-state index contributed by atoms with van der Waals surface area (Å²) in [6.45, 7) is 0.212. The van der Waals surface area contributed by atoms with Crippen molar-refractivity contribution in [3.8, 4) is 0 Å². The van der Waals surface area contributed by atoms with Crippen LogP contribution in [-0.4, -0.2) is 23.5 Å². The van der Waals surface area contributed by atoms with Gasteiger partial charge in [-0.15, -0.1) is 0 Å². The minimum Gasteiger partial charge on any atom is -0.446 e. The van der Waals surface area contributed by atoms with Gasteiger partial charge in [0.15, 0.2) is 0 Å². The van der Waals surface area contributed by atoms with Gasteiger partial charge in [0.2, 0.25) is 5.91 Å². The number of hydrogen-bond acceptors (Lipinski definition) is 3. The van der Waals surface area contributed by atoms with E-state index in [9.17, 15) is 9.59 Å². The van der Waals surface area contributed by atoms with E-state index in [4.69, 9.17) is 4.74 Å². The van der Waals surface area contributed by atoms with E-state index in [1.54, 1.807) is 0 Å². The molecule has 4 heteroatoms. The van der Waals surface area contributed by atoms with Gasteiger partial charge >= 0.3 is 6.09 Å². The number of carbonyl (C=O) groups excluding carboxylic acids is 2. The number of carbonyl (C=O) groups is 2. The molecule has 1 unspecified atom stereocenters. The van der Waals surface area contributed by atoms with Crippen molar-refractivity contribution in [2.75, 3.05) is 6.61 Å². The average molecular weight is 281 g/mol. The molecule has 2 aromatic rings. The van der Waals surface area contributed by atoms with Crippen molar-refractivity contribution in [1.29, 1.82) is 0 Å². The first-order valence-corrected chi connectivity index (χ1v) is 6.83. The highest BCUT2D eigenvalue weighted by Crippen LogP contribution is 2.28. The first-order valence-electron chi connectivity index (χ1n) is 6.83. The second kappa shape index (κ2) is 5.79. The molecule has 1 aliphatic heterocycles. The molecule has 3 rings (SSSR count). The molecule has 1 saturated heterocycles. The summed E-state index contributed by atoms with van der Waals surface area (Å²) in [5.74, 6) is -0.238.